The molecule has 1 N–H and O–H groups in total. The fourth-order valence-electron chi connectivity index (χ4n) is 2.52. The molecule has 0 saturated heterocycles. The second-order valence-corrected chi connectivity index (χ2v) is 6.52. The molecule has 0 saturated carbocycles. The van der Waals surface area contributed by atoms with Gasteiger partial charge in [0.05, 0.1) is 25.5 Å². The Hall–Kier alpha value is -3.06. The van der Waals surface area contributed by atoms with Crippen LogP contribution in [0.5, 0.6) is 17.2 Å². The molecule has 0 unspecified atom stereocenters. The second-order valence-electron chi connectivity index (χ2n) is 5.49. The first kappa shape index (κ1) is 18.7. The van der Waals surface area contributed by atoms with Crippen LogP contribution in [0.15, 0.2) is 42.5 Å². The normalized spacial score (nSPS) is 10.9. The van der Waals surface area contributed by atoms with E-state index in [0.717, 1.165) is 15.8 Å². The Morgan fingerprint density at radius 3 is 2.70 bits per heavy atom. The van der Waals surface area contributed by atoms with Crippen molar-refractivity contribution in [2.24, 2.45) is 0 Å². The van der Waals surface area contributed by atoms with E-state index in [-0.39, 0.29) is 5.91 Å². The van der Waals surface area contributed by atoms with Crippen LogP contribution in [0.2, 0.25) is 0 Å². The summed E-state index contributed by atoms with van der Waals surface area (Å²) in [5, 5.41) is 3.31. The third-order valence-electron chi connectivity index (χ3n) is 3.75. The number of methoxy groups -OCH3 is 2. The molecule has 27 heavy (non-hydrogen) atoms. The number of carbonyl (C=O) groups excluding carboxylic acids is 1. The Kier molecular flexibility index (Phi) is 5.93. The van der Waals surface area contributed by atoms with Crippen LogP contribution in [-0.4, -0.2) is 31.7 Å². The number of fused-ring (bicyclic) bond motifs is 1. The molecule has 1 aromatic heterocycles. The summed E-state index contributed by atoms with van der Waals surface area (Å²) >= 11 is 1.40. The van der Waals surface area contributed by atoms with Gasteiger partial charge in [-0.05, 0) is 42.8 Å². The van der Waals surface area contributed by atoms with E-state index in [9.17, 15) is 4.79 Å². The Morgan fingerprint density at radius 2 is 1.96 bits per heavy atom. The number of rotatable bonds is 7. The Morgan fingerprint density at radius 1 is 1.15 bits per heavy atom. The molecule has 0 aliphatic heterocycles. The number of hydrogen-bond acceptors (Lipinski definition) is 6. The zero-order valence-electron chi connectivity index (χ0n) is 15.3. The maximum atomic E-state index is 12.2. The molecule has 3 aromatic rings. The van der Waals surface area contributed by atoms with Crippen molar-refractivity contribution in [1.82, 2.24) is 4.98 Å². The molecule has 6 nitrogen and oxygen atoms in total. The first-order valence-electron chi connectivity index (χ1n) is 8.38. The maximum Gasteiger partial charge on any atom is 0.250 e. The quantitative estimate of drug-likeness (QED) is 0.613. The molecule has 0 radical (unpaired) electrons. The van der Waals surface area contributed by atoms with E-state index in [1.165, 1.54) is 17.4 Å². The minimum absolute atomic E-state index is 0.263. The molecule has 0 bridgehead atoms. The lowest BCUT2D eigenvalue weighted by atomic mass is 10.2. The van der Waals surface area contributed by atoms with E-state index in [2.05, 4.69) is 10.3 Å². The molecular weight excluding hydrogens is 364 g/mol. The summed E-state index contributed by atoms with van der Waals surface area (Å²) in [4.78, 5) is 16.7. The first-order valence-corrected chi connectivity index (χ1v) is 9.19. The van der Waals surface area contributed by atoms with Crippen LogP contribution in [-0.2, 0) is 4.79 Å². The van der Waals surface area contributed by atoms with E-state index in [0.29, 0.717) is 29.0 Å². The monoisotopic (exact) mass is 384 g/mol. The largest absolute Gasteiger partial charge is 0.494 e. The molecule has 1 amide bonds. The molecule has 0 fully saturated rings. The lowest BCUT2D eigenvalue weighted by Gasteiger charge is -2.09. The van der Waals surface area contributed by atoms with Crippen molar-refractivity contribution < 1.29 is 19.0 Å². The van der Waals surface area contributed by atoms with E-state index in [1.54, 1.807) is 20.3 Å². The van der Waals surface area contributed by atoms with Crippen LogP contribution in [0, 0.1) is 0 Å². The van der Waals surface area contributed by atoms with Crippen LogP contribution in [0.25, 0.3) is 16.3 Å². The van der Waals surface area contributed by atoms with Crippen LogP contribution >= 0.6 is 11.3 Å². The van der Waals surface area contributed by atoms with Gasteiger partial charge in [-0.3, -0.25) is 10.1 Å². The van der Waals surface area contributed by atoms with Gasteiger partial charge in [0, 0.05) is 6.08 Å². The number of nitrogens with zero attached hydrogens (tertiary/aromatic N) is 1. The van der Waals surface area contributed by atoms with Gasteiger partial charge in [0.15, 0.2) is 16.6 Å². The molecule has 140 valence electrons. The SMILES string of the molecule is CCOc1ccc(/C=C/C(=O)Nc2nc3c(OC)cccc3s2)cc1OC. The zero-order chi connectivity index (χ0) is 19.2. The van der Waals surface area contributed by atoms with Crippen LogP contribution in [0.3, 0.4) is 0 Å². The van der Waals surface area contributed by atoms with Crippen molar-refractivity contribution in [3.05, 3.63) is 48.0 Å². The molecule has 0 aliphatic carbocycles. The van der Waals surface area contributed by atoms with Crippen molar-refractivity contribution in [3.8, 4) is 17.2 Å². The third-order valence-corrected chi connectivity index (χ3v) is 4.68. The Balaban J connectivity index is 1.72. The van der Waals surface area contributed by atoms with Crippen LogP contribution in [0.4, 0.5) is 5.13 Å². The van der Waals surface area contributed by atoms with E-state index in [1.807, 2.05) is 43.3 Å². The van der Waals surface area contributed by atoms with Crippen LogP contribution in [0.1, 0.15) is 12.5 Å². The number of nitrogens with one attached hydrogen (secondary N) is 1. The predicted octanol–water partition coefficient (Wildman–Crippen LogP) is 4.36. The third kappa shape index (κ3) is 4.38. The number of aromatic nitrogens is 1. The summed E-state index contributed by atoms with van der Waals surface area (Å²) in [6.07, 6.45) is 3.17. The number of ether oxygens (including phenoxy) is 3. The number of thiazole rings is 1. The topological polar surface area (TPSA) is 69.7 Å². The molecule has 0 spiro atoms. The fraction of sp³-hybridized carbons (Fsp3) is 0.200. The fourth-order valence-corrected chi connectivity index (χ4v) is 3.41. The number of benzene rings is 2. The number of carbonyl (C=O) groups is 1. The molecule has 3 rings (SSSR count). The predicted molar refractivity (Wildman–Crippen MR) is 108 cm³/mol. The van der Waals surface area contributed by atoms with E-state index < -0.39 is 0 Å². The number of para-hydroxylation sites is 1. The van der Waals surface area contributed by atoms with Crippen molar-refractivity contribution in [2.75, 3.05) is 26.1 Å². The smallest absolute Gasteiger partial charge is 0.250 e. The lowest BCUT2D eigenvalue weighted by molar-refractivity contribution is -0.111. The van der Waals surface area contributed by atoms with Gasteiger partial charge in [-0.1, -0.05) is 23.5 Å². The lowest BCUT2D eigenvalue weighted by Crippen LogP contribution is -2.07. The zero-order valence-corrected chi connectivity index (χ0v) is 16.1. The average Bonchev–Trinajstić information content (AvgIpc) is 3.09. The molecule has 7 heteroatoms. The first-order chi connectivity index (χ1) is 13.1. The van der Waals surface area contributed by atoms with Crippen molar-refractivity contribution >= 4 is 38.7 Å². The van der Waals surface area contributed by atoms with Gasteiger partial charge in [0.25, 0.3) is 0 Å². The summed E-state index contributed by atoms with van der Waals surface area (Å²) in [7, 11) is 3.18. The van der Waals surface area contributed by atoms with Crippen molar-refractivity contribution in [2.45, 2.75) is 6.92 Å². The molecular formula is C20H20N2O4S. The van der Waals surface area contributed by atoms with Crippen LogP contribution < -0.4 is 19.5 Å². The van der Waals surface area contributed by atoms with Gasteiger partial charge in [-0.15, -0.1) is 0 Å². The number of anilines is 1. The Labute approximate surface area is 161 Å². The highest BCUT2D eigenvalue weighted by Gasteiger charge is 2.10. The molecule has 1 heterocycles. The van der Waals surface area contributed by atoms with Crippen molar-refractivity contribution in [1.29, 1.82) is 0 Å². The number of hydrogen-bond donors (Lipinski definition) is 1. The standard InChI is InChI=1S/C20H20N2O4S/c1-4-26-14-10-8-13(12-16(14)25-3)9-11-18(23)21-20-22-19-15(24-2)6-5-7-17(19)27-20/h5-12H,4H2,1-3H3,(H,21,22,23)/b11-9+. The summed E-state index contributed by atoms with van der Waals surface area (Å²) in [5.41, 5.74) is 1.57. The Bertz CT molecular complexity index is 981. The van der Waals surface area contributed by atoms with Gasteiger partial charge in [0.2, 0.25) is 5.91 Å². The highest BCUT2D eigenvalue weighted by molar-refractivity contribution is 7.22. The van der Waals surface area contributed by atoms with Crippen molar-refractivity contribution in [3.63, 3.8) is 0 Å². The van der Waals surface area contributed by atoms with E-state index in [4.69, 9.17) is 14.2 Å². The average molecular weight is 384 g/mol. The summed E-state index contributed by atoms with van der Waals surface area (Å²) in [5.74, 6) is 1.71. The maximum absolute atomic E-state index is 12.2. The van der Waals surface area contributed by atoms with E-state index >= 15 is 0 Å². The highest BCUT2D eigenvalue weighted by atomic mass is 32.1. The van der Waals surface area contributed by atoms with Gasteiger partial charge >= 0.3 is 0 Å². The summed E-state index contributed by atoms with van der Waals surface area (Å²) in [6, 6.07) is 11.2. The molecule has 2 aromatic carbocycles. The minimum atomic E-state index is -0.263. The van der Waals surface area contributed by atoms with Gasteiger partial charge in [-0.25, -0.2) is 4.98 Å². The summed E-state index contributed by atoms with van der Waals surface area (Å²) < 4.78 is 17.1. The van der Waals surface area contributed by atoms with Gasteiger partial charge in [-0.2, -0.15) is 0 Å². The number of amides is 1. The summed E-state index contributed by atoms with van der Waals surface area (Å²) in [6.45, 7) is 2.47. The molecule has 0 aliphatic rings. The highest BCUT2D eigenvalue weighted by Crippen LogP contribution is 2.32. The second kappa shape index (κ2) is 8.55. The van der Waals surface area contributed by atoms with Gasteiger partial charge < -0.3 is 14.2 Å². The van der Waals surface area contributed by atoms with Gasteiger partial charge in [0.1, 0.15) is 11.3 Å². The molecule has 0 atom stereocenters. The minimum Gasteiger partial charge on any atom is -0.494 e.